The third-order valence-corrected chi connectivity index (χ3v) is 12.0. The number of anilines is 1. The van der Waals surface area contributed by atoms with Gasteiger partial charge in [-0.15, -0.1) is 0 Å². The van der Waals surface area contributed by atoms with Crippen LogP contribution < -0.4 is 14.8 Å². The summed E-state index contributed by atoms with van der Waals surface area (Å²) in [4.78, 5) is 14.2. The maximum absolute atomic E-state index is 11.9. The third-order valence-electron chi connectivity index (χ3n) is 10.4. The molecule has 1 aliphatic heterocycles. The Balaban J connectivity index is 1.24. The lowest BCUT2D eigenvalue weighted by Gasteiger charge is -2.45. The molecule has 0 aromatic heterocycles. The first-order valence-electron chi connectivity index (χ1n) is 15.4. The van der Waals surface area contributed by atoms with Gasteiger partial charge in [-0.2, -0.15) is 0 Å². The maximum Gasteiger partial charge on any atom is 0.335 e. The third kappa shape index (κ3) is 6.32. The number of hydrogen-bond acceptors (Lipinski definition) is 6. The molecule has 8 nitrogen and oxygen atoms in total. The second kappa shape index (κ2) is 12.1. The van der Waals surface area contributed by atoms with E-state index in [0.29, 0.717) is 38.3 Å². The summed E-state index contributed by atoms with van der Waals surface area (Å²) in [5.74, 6) is 0.0781. The van der Waals surface area contributed by atoms with Crippen LogP contribution in [0.2, 0.25) is 5.02 Å². The van der Waals surface area contributed by atoms with E-state index in [9.17, 15) is 23.4 Å². The Kier molecular flexibility index (Phi) is 8.54. The van der Waals surface area contributed by atoms with Gasteiger partial charge in [-0.25, -0.2) is 18.4 Å². The number of fused-ring (bicyclic) bond motifs is 3. The molecule has 4 aliphatic rings. The van der Waals surface area contributed by atoms with Crippen LogP contribution in [0.5, 0.6) is 5.75 Å². The van der Waals surface area contributed by atoms with Gasteiger partial charge in [0.25, 0.3) is 0 Å². The predicted molar refractivity (Wildman–Crippen MR) is 167 cm³/mol. The van der Waals surface area contributed by atoms with Crippen molar-refractivity contribution >= 4 is 33.3 Å². The minimum Gasteiger partial charge on any atom is -0.490 e. The van der Waals surface area contributed by atoms with Crippen LogP contribution in [-0.2, 0) is 21.9 Å². The number of allylic oxidation sites excluding steroid dienone is 1. The van der Waals surface area contributed by atoms with Crippen LogP contribution in [0.3, 0.4) is 0 Å². The molecule has 232 valence electrons. The number of ether oxygens (including phenoxy) is 1. The molecule has 2 aromatic carbocycles. The molecule has 4 N–H and O–H groups in total. The van der Waals surface area contributed by atoms with E-state index in [-0.39, 0.29) is 28.7 Å². The molecule has 1 unspecified atom stereocenters. The molecule has 6 rings (SSSR count). The smallest absolute Gasteiger partial charge is 0.335 e. The number of benzene rings is 2. The maximum atomic E-state index is 11.9. The molecule has 3 aliphatic carbocycles. The van der Waals surface area contributed by atoms with Crippen molar-refractivity contribution in [1.29, 1.82) is 0 Å². The molecule has 10 heteroatoms. The number of aryl methyl sites for hydroxylation is 1. The van der Waals surface area contributed by atoms with Crippen molar-refractivity contribution in [3.05, 3.63) is 70.3 Å². The Morgan fingerprint density at radius 2 is 2.00 bits per heavy atom. The summed E-state index contributed by atoms with van der Waals surface area (Å²) in [7, 11) is -3.56. The number of halogens is 1. The topological polar surface area (TPSA) is 130 Å². The van der Waals surface area contributed by atoms with Gasteiger partial charge >= 0.3 is 5.97 Å². The first-order valence-corrected chi connectivity index (χ1v) is 17.4. The van der Waals surface area contributed by atoms with Gasteiger partial charge in [0, 0.05) is 23.5 Å². The van der Waals surface area contributed by atoms with E-state index in [1.54, 1.807) is 18.2 Å². The Morgan fingerprint density at radius 3 is 2.74 bits per heavy atom. The zero-order chi connectivity index (χ0) is 30.4. The first-order chi connectivity index (χ1) is 20.5. The van der Waals surface area contributed by atoms with Gasteiger partial charge in [0.05, 0.1) is 29.2 Å². The molecule has 1 heterocycles. The number of aliphatic hydroxyl groups excluding tert-OH is 1. The number of nitrogens with two attached hydrogens (primary N) is 1. The lowest BCUT2D eigenvalue weighted by atomic mass is 9.68. The van der Waals surface area contributed by atoms with E-state index in [0.717, 1.165) is 55.7 Å². The summed E-state index contributed by atoms with van der Waals surface area (Å²) in [5, 5.41) is 26.6. The number of aliphatic hydroxyl groups is 1. The molecule has 2 fully saturated rings. The molecular weight excluding hydrogens is 588 g/mol. The summed E-state index contributed by atoms with van der Waals surface area (Å²) >= 11 is 6.37. The van der Waals surface area contributed by atoms with Crippen LogP contribution in [0.1, 0.15) is 72.9 Å². The average molecular weight is 629 g/mol. The van der Waals surface area contributed by atoms with Crippen molar-refractivity contribution in [3.63, 3.8) is 0 Å². The van der Waals surface area contributed by atoms with Crippen LogP contribution in [0, 0.1) is 17.8 Å². The molecule has 6 atom stereocenters. The van der Waals surface area contributed by atoms with E-state index in [4.69, 9.17) is 21.5 Å². The summed E-state index contributed by atoms with van der Waals surface area (Å²) in [6.07, 6.45) is 10.8. The monoisotopic (exact) mass is 628 g/mol. The van der Waals surface area contributed by atoms with Gasteiger partial charge in [-0.05, 0) is 111 Å². The van der Waals surface area contributed by atoms with Gasteiger partial charge in [0.2, 0.25) is 10.0 Å². The van der Waals surface area contributed by atoms with E-state index in [1.807, 2.05) is 18.2 Å². The van der Waals surface area contributed by atoms with Crippen LogP contribution in [-0.4, -0.2) is 55.7 Å². The molecule has 0 saturated heterocycles. The molecule has 43 heavy (non-hydrogen) atoms. The highest BCUT2D eigenvalue weighted by molar-refractivity contribution is 7.89. The van der Waals surface area contributed by atoms with Crippen molar-refractivity contribution in [2.75, 3.05) is 24.6 Å². The van der Waals surface area contributed by atoms with Gasteiger partial charge in [-0.1, -0.05) is 36.2 Å². The first kappa shape index (κ1) is 30.4. The number of hydrogen-bond donors (Lipinski definition) is 3. The normalized spacial score (nSPS) is 29.7. The fourth-order valence-corrected chi connectivity index (χ4v) is 9.07. The molecule has 1 spiro atoms. The quantitative estimate of drug-likeness (QED) is 0.355. The Labute approximate surface area is 258 Å². The van der Waals surface area contributed by atoms with Crippen molar-refractivity contribution in [1.82, 2.24) is 0 Å². The lowest BCUT2D eigenvalue weighted by Crippen LogP contribution is -2.49. The number of rotatable bonds is 7. The number of sulfonamides is 1. The minimum atomic E-state index is -3.56. The van der Waals surface area contributed by atoms with Crippen molar-refractivity contribution in [3.8, 4) is 5.75 Å². The standard InChI is InChI=1S/C33H41ClN2O6S/c34-25-9-11-28-22(16-25)4-2-14-33(28)19-36(29-17-23(32(38)39)8-13-31(29)42-20-33)18-24-7-10-27(24)30(37)12-6-21-3-1-5-26(15-21)43(35,40)41/h6,8-9,11-13,16-17,21,24,26-27,30,37H,1-5,7,10,14-15,18-20H2,(H,38,39)(H2,35,40,41)/b12-6+/t21-,24-,26+,27+,30?,33-/m0/s1. The molecule has 0 radical (unpaired) electrons. The van der Waals surface area contributed by atoms with Crippen LogP contribution in [0.25, 0.3) is 0 Å². The predicted octanol–water partition coefficient (Wildman–Crippen LogP) is 5.30. The van der Waals surface area contributed by atoms with Gasteiger partial charge in [0.15, 0.2) is 0 Å². The van der Waals surface area contributed by atoms with Gasteiger partial charge in [-0.3, -0.25) is 0 Å². The highest BCUT2D eigenvalue weighted by Crippen LogP contribution is 2.46. The summed E-state index contributed by atoms with van der Waals surface area (Å²) < 4.78 is 30.2. The molecular formula is C33H41ClN2O6S. The van der Waals surface area contributed by atoms with Crippen LogP contribution in [0.4, 0.5) is 5.69 Å². The van der Waals surface area contributed by atoms with Crippen molar-refractivity contribution in [2.45, 2.75) is 74.6 Å². The molecule has 2 saturated carbocycles. The number of nitrogens with zero attached hydrogens (tertiary/aromatic N) is 1. The van der Waals surface area contributed by atoms with Gasteiger partial charge < -0.3 is 19.8 Å². The highest BCUT2D eigenvalue weighted by atomic mass is 35.5. The number of carboxylic acids is 1. The van der Waals surface area contributed by atoms with Gasteiger partial charge in [0.1, 0.15) is 5.75 Å². The Hall–Kier alpha value is -2.59. The number of primary sulfonamides is 1. The van der Waals surface area contributed by atoms with E-state index in [2.05, 4.69) is 17.0 Å². The molecule has 2 aromatic rings. The summed E-state index contributed by atoms with van der Waals surface area (Å²) in [5.41, 5.74) is 3.23. The van der Waals surface area contributed by atoms with Crippen LogP contribution in [0.15, 0.2) is 48.6 Å². The van der Waals surface area contributed by atoms with Crippen molar-refractivity contribution < 1.29 is 28.2 Å². The summed E-state index contributed by atoms with van der Waals surface area (Å²) in [6, 6.07) is 11.2. The second-order valence-corrected chi connectivity index (χ2v) is 15.4. The zero-order valence-electron chi connectivity index (χ0n) is 24.3. The SMILES string of the molecule is NS(=O)(=O)[C@@H]1CCC[C@@H](/C=C/C(O)[C@@H]2CC[C@H]2CN2C[C@@]3(CCCc4cc(Cl)ccc43)COc3ccc(C(=O)O)cc32)C1. The van der Waals surface area contributed by atoms with Crippen molar-refractivity contribution in [2.24, 2.45) is 22.9 Å². The number of aromatic carboxylic acids is 1. The fourth-order valence-electron chi connectivity index (χ4n) is 7.87. The largest absolute Gasteiger partial charge is 0.490 e. The number of carboxylic acid groups (broad SMARTS) is 1. The fraction of sp³-hybridized carbons (Fsp3) is 0.545. The molecule has 0 bridgehead atoms. The van der Waals surface area contributed by atoms with E-state index in [1.165, 1.54) is 11.1 Å². The Bertz CT molecular complexity index is 1510. The van der Waals surface area contributed by atoms with E-state index >= 15 is 0 Å². The minimum absolute atomic E-state index is 0.0672. The number of carbonyl (C=O) groups is 1. The lowest BCUT2D eigenvalue weighted by molar-refractivity contribution is 0.0453. The zero-order valence-corrected chi connectivity index (χ0v) is 25.9. The Morgan fingerprint density at radius 1 is 1.16 bits per heavy atom. The van der Waals surface area contributed by atoms with E-state index < -0.39 is 27.3 Å². The highest BCUT2D eigenvalue weighted by Gasteiger charge is 2.44. The second-order valence-electron chi connectivity index (χ2n) is 13.1. The average Bonchev–Trinajstić information content (AvgIpc) is 3.10. The summed E-state index contributed by atoms with van der Waals surface area (Å²) in [6.45, 7) is 1.86. The van der Waals surface area contributed by atoms with Crippen LogP contribution >= 0.6 is 11.6 Å². The molecule has 0 amide bonds.